The minimum absolute atomic E-state index is 0.0508. The van der Waals surface area contributed by atoms with Crippen molar-refractivity contribution < 1.29 is 22.3 Å². The van der Waals surface area contributed by atoms with Crippen LogP contribution in [0.5, 0.6) is 5.75 Å². The summed E-state index contributed by atoms with van der Waals surface area (Å²) in [5.74, 6) is -1.20. The number of hydrogen-bond acceptors (Lipinski definition) is 5. The van der Waals surface area contributed by atoms with Gasteiger partial charge >= 0.3 is 0 Å². The van der Waals surface area contributed by atoms with Gasteiger partial charge in [-0.1, -0.05) is 23.2 Å². The summed E-state index contributed by atoms with van der Waals surface area (Å²) in [6.07, 6.45) is 4.25. The predicted octanol–water partition coefficient (Wildman–Crippen LogP) is 5.13. The molecule has 1 heterocycles. The van der Waals surface area contributed by atoms with Crippen molar-refractivity contribution in [2.75, 3.05) is 12.8 Å². The number of carbonyl (C=O) groups is 1. The third-order valence-electron chi connectivity index (χ3n) is 6.27. The van der Waals surface area contributed by atoms with Gasteiger partial charge in [-0.05, 0) is 80.5 Å². The Balaban J connectivity index is 1.54. The lowest BCUT2D eigenvalue weighted by molar-refractivity contribution is 0.0307. The van der Waals surface area contributed by atoms with Gasteiger partial charge in [-0.3, -0.25) is 9.69 Å². The highest BCUT2D eigenvalue weighted by Gasteiger charge is 2.34. The highest BCUT2D eigenvalue weighted by molar-refractivity contribution is 7.89. The molecule has 2 fully saturated rings. The monoisotopic (exact) mass is 528 g/mol. The second-order valence-electron chi connectivity index (χ2n) is 9.13. The third kappa shape index (κ3) is 6.22. The maximum Gasteiger partial charge on any atom is 0.267 e. The Morgan fingerprint density at radius 2 is 1.82 bits per heavy atom. The minimum Gasteiger partial charge on any atom is -0.488 e. The first-order chi connectivity index (χ1) is 16.0. The summed E-state index contributed by atoms with van der Waals surface area (Å²) in [4.78, 5) is 14.6. The standard InChI is InChI=1S/C24H27Cl2FN2O4S/c1-14-22(4-3-7-29(14)13-15-8-17(25)10-18(26)9-15)33-23-12-21(27)20(11-19(23)16-5-6-16)24(30)28-34(2,31)32/h8-12,14,16,22H,3-7,13H2,1-2H3,(H,28,30)/t14-,22-/m1/s1. The molecule has 0 aromatic heterocycles. The van der Waals surface area contributed by atoms with Gasteiger partial charge in [0.05, 0.1) is 11.8 Å². The summed E-state index contributed by atoms with van der Waals surface area (Å²) in [7, 11) is -3.80. The number of rotatable bonds is 7. The van der Waals surface area contributed by atoms with Crippen LogP contribution in [0.25, 0.3) is 0 Å². The molecular formula is C24H27Cl2FN2O4S. The van der Waals surface area contributed by atoms with Crippen molar-refractivity contribution in [1.29, 1.82) is 0 Å². The van der Waals surface area contributed by atoms with Crippen molar-refractivity contribution in [3.63, 3.8) is 0 Å². The average Bonchev–Trinajstić information content (AvgIpc) is 3.54. The number of hydrogen-bond donors (Lipinski definition) is 1. The van der Waals surface area contributed by atoms with Crippen molar-refractivity contribution in [1.82, 2.24) is 9.62 Å². The van der Waals surface area contributed by atoms with E-state index < -0.39 is 21.7 Å². The van der Waals surface area contributed by atoms with Crippen LogP contribution in [-0.4, -0.2) is 44.2 Å². The fraction of sp³-hybridized carbons (Fsp3) is 0.458. The topological polar surface area (TPSA) is 75.7 Å². The molecule has 2 atom stereocenters. The Bertz CT molecular complexity index is 1180. The van der Waals surface area contributed by atoms with Gasteiger partial charge in [-0.25, -0.2) is 17.5 Å². The van der Waals surface area contributed by atoms with Crippen LogP contribution >= 0.6 is 23.2 Å². The Morgan fingerprint density at radius 3 is 2.44 bits per heavy atom. The number of nitrogens with zero attached hydrogens (tertiary/aromatic N) is 1. The molecule has 0 radical (unpaired) electrons. The molecule has 2 aliphatic rings. The van der Waals surface area contributed by atoms with Gasteiger partial charge in [0.25, 0.3) is 5.91 Å². The van der Waals surface area contributed by atoms with Crippen molar-refractivity contribution in [2.45, 2.75) is 57.2 Å². The molecule has 1 aliphatic heterocycles. The smallest absolute Gasteiger partial charge is 0.267 e. The van der Waals surface area contributed by atoms with Gasteiger partial charge < -0.3 is 4.74 Å². The highest BCUT2D eigenvalue weighted by Crippen LogP contribution is 2.46. The zero-order valence-electron chi connectivity index (χ0n) is 19.0. The van der Waals surface area contributed by atoms with E-state index in [2.05, 4.69) is 11.8 Å². The van der Waals surface area contributed by atoms with E-state index in [0.717, 1.165) is 49.6 Å². The first kappa shape index (κ1) is 25.2. The molecule has 34 heavy (non-hydrogen) atoms. The average molecular weight is 529 g/mol. The van der Waals surface area contributed by atoms with E-state index in [1.165, 1.54) is 12.1 Å². The number of carbonyl (C=O) groups excluding carboxylic acids is 1. The van der Waals surface area contributed by atoms with Crippen LogP contribution < -0.4 is 9.46 Å². The van der Waals surface area contributed by atoms with Crippen LogP contribution in [0, 0.1) is 5.82 Å². The van der Waals surface area contributed by atoms with Crippen molar-refractivity contribution >= 4 is 39.1 Å². The fourth-order valence-corrected chi connectivity index (χ4v) is 5.46. The summed E-state index contributed by atoms with van der Waals surface area (Å²) < 4.78 is 45.9. The Hall–Kier alpha value is -1.87. The summed E-state index contributed by atoms with van der Waals surface area (Å²) in [5.41, 5.74) is 1.46. The van der Waals surface area contributed by atoms with Gasteiger partial charge in [0.1, 0.15) is 17.7 Å². The largest absolute Gasteiger partial charge is 0.488 e. The van der Waals surface area contributed by atoms with Gasteiger partial charge in [0.15, 0.2) is 0 Å². The van der Waals surface area contributed by atoms with Gasteiger partial charge in [-0.2, -0.15) is 0 Å². The van der Waals surface area contributed by atoms with Gasteiger partial charge in [-0.15, -0.1) is 0 Å². The second kappa shape index (κ2) is 10.0. The van der Waals surface area contributed by atoms with Crippen LogP contribution in [-0.2, 0) is 16.6 Å². The molecule has 2 aromatic carbocycles. The molecule has 1 N–H and O–H groups in total. The summed E-state index contributed by atoms with van der Waals surface area (Å²) in [6, 6.07) is 8.19. The van der Waals surface area contributed by atoms with E-state index in [9.17, 15) is 17.6 Å². The molecule has 1 saturated carbocycles. The number of ether oxygens (including phenoxy) is 1. The van der Waals surface area contributed by atoms with E-state index in [-0.39, 0.29) is 23.6 Å². The van der Waals surface area contributed by atoms with Crippen LogP contribution in [0.15, 0.2) is 30.3 Å². The fourth-order valence-electron chi connectivity index (χ4n) is 4.44. The molecule has 10 heteroatoms. The molecule has 1 aliphatic carbocycles. The number of piperidine rings is 1. The molecule has 2 aromatic rings. The molecular weight excluding hydrogens is 502 g/mol. The van der Waals surface area contributed by atoms with E-state index in [1.807, 2.05) is 16.9 Å². The van der Waals surface area contributed by atoms with Crippen molar-refractivity contribution in [2.24, 2.45) is 0 Å². The van der Waals surface area contributed by atoms with Crippen molar-refractivity contribution in [3.05, 3.63) is 62.9 Å². The van der Waals surface area contributed by atoms with Gasteiger partial charge in [0.2, 0.25) is 10.0 Å². The van der Waals surface area contributed by atoms with Crippen LogP contribution in [0.4, 0.5) is 4.39 Å². The van der Waals surface area contributed by atoms with E-state index in [0.29, 0.717) is 22.3 Å². The second-order valence-corrected chi connectivity index (χ2v) is 11.8. The summed E-state index contributed by atoms with van der Waals surface area (Å²) in [5, 5.41) is 1.18. The Labute approximate surface area is 209 Å². The van der Waals surface area contributed by atoms with Crippen LogP contribution in [0.3, 0.4) is 0 Å². The highest BCUT2D eigenvalue weighted by atomic mass is 35.5. The molecule has 0 unspecified atom stereocenters. The van der Waals surface area contributed by atoms with Gasteiger partial charge in [0, 0.05) is 28.7 Å². The molecule has 184 valence electrons. The van der Waals surface area contributed by atoms with Crippen molar-refractivity contribution in [3.8, 4) is 5.75 Å². The number of benzene rings is 2. The van der Waals surface area contributed by atoms with E-state index in [1.54, 1.807) is 6.07 Å². The Kier molecular flexibility index (Phi) is 7.43. The normalized spacial score (nSPS) is 21.3. The number of halogens is 3. The molecule has 6 nitrogen and oxygen atoms in total. The minimum atomic E-state index is -3.80. The lowest BCUT2D eigenvalue weighted by Gasteiger charge is -2.39. The van der Waals surface area contributed by atoms with E-state index in [4.69, 9.17) is 27.9 Å². The summed E-state index contributed by atoms with van der Waals surface area (Å²) in [6.45, 7) is 3.63. The number of sulfonamides is 1. The first-order valence-corrected chi connectivity index (χ1v) is 13.9. The molecule has 1 saturated heterocycles. The Morgan fingerprint density at radius 1 is 1.15 bits per heavy atom. The molecule has 4 rings (SSSR count). The quantitative estimate of drug-likeness (QED) is 0.538. The molecule has 0 bridgehead atoms. The lowest BCUT2D eigenvalue weighted by Crippen LogP contribution is -2.48. The SMILES string of the molecule is C[C@@H]1[C@H](Oc2cc(F)c(C(=O)NS(C)(=O)=O)cc2C2CC2)CCCN1Cc1cc(Cl)cc(Cl)c1. The molecule has 1 amide bonds. The third-order valence-corrected chi connectivity index (χ3v) is 7.27. The van der Waals surface area contributed by atoms with Crippen LogP contribution in [0.2, 0.25) is 10.0 Å². The zero-order valence-corrected chi connectivity index (χ0v) is 21.3. The van der Waals surface area contributed by atoms with Crippen LogP contribution in [0.1, 0.15) is 60.0 Å². The maximum absolute atomic E-state index is 14.9. The molecule has 0 spiro atoms. The lowest BCUT2D eigenvalue weighted by atomic mass is 9.98. The number of nitrogens with one attached hydrogen (secondary N) is 1. The first-order valence-electron chi connectivity index (χ1n) is 11.2. The van der Waals surface area contributed by atoms with E-state index >= 15 is 0 Å². The zero-order chi connectivity index (χ0) is 24.6. The number of likely N-dealkylation sites (tertiary alicyclic amines) is 1. The number of amides is 1. The predicted molar refractivity (Wildman–Crippen MR) is 131 cm³/mol. The summed E-state index contributed by atoms with van der Waals surface area (Å²) >= 11 is 12.3. The maximum atomic E-state index is 14.9.